The quantitative estimate of drug-likeness (QED) is 0.328. The second-order valence-electron chi connectivity index (χ2n) is 1.98. The summed E-state index contributed by atoms with van der Waals surface area (Å²) in [5, 5.41) is 0. The Kier molecular flexibility index (Phi) is 6.46. The van der Waals surface area contributed by atoms with Gasteiger partial charge in [0.25, 0.3) is 0 Å². The molecule has 0 heterocycles. The third kappa shape index (κ3) is 4.19. The summed E-state index contributed by atoms with van der Waals surface area (Å²) >= 11 is 0. The van der Waals surface area contributed by atoms with Gasteiger partial charge < -0.3 is 12.9 Å². The van der Waals surface area contributed by atoms with Gasteiger partial charge in [-0.1, -0.05) is 0 Å². The number of primary amides is 2. The van der Waals surface area contributed by atoms with Crippen LogP contribution in [-0.4, -0.2) is 11.8 Å². The van der Waals surface area contributed by atoms with Crippen molar-refractivity contribution < 1.29 is 40.6 Å². The topological polar surface area (TPSA) is 86.2 Å². The number of hydrogen-bond donors (Lipinski definition) is 2. The van der Waals surface area contributed by atoms with E-state index >= 15 is 0 Å². The Morgan fingerprint density at radius 1 is 1.00 bits per heavy atom. The fraction of sp³-hybridized carbons (Fsp3) is 0.333. The third-order valence-electron chi connectivity index (χ3n) is 1.30. The van der Waals surface area contributed by atoms with Crippen LogP contribution in [0, 0.1) is 0 Å². The zero-order chi connectivity index (χ0) is 8.31. The van der Waals surface area contributed by atoms with Crippen LogP contribution in [0.2, 0.25) is 0 Å². The first-order chi connectivity index (χ1) is 4.46. The Morgan fingerprint density at radius 3 is 1.27 bits per heavy atom. The van der Waals surface area contributed by atoms with Gasteiger partial charge in [0.15, 0.2) is 0 Å². The van der Waals surface area contributed by atoms with E-state index in [0.29, 0.717) is 0 Å². The molecule has 0 spiro atoms. The van der Waals surface area contributed by atoms with E-state index in [1.165, 1.54) is 13.8 Å². The van der Waals surface area contributed by atoms with Gasteiger partial charge in [-0.2, -0.15) is 0 Å². The van der Waals surface area contributed by atoms with Crippen LogP contribution in [0.5, 0.6) is 0 Å². The minimum atomic E-state index is -0.615. The van der Waals surface area contributed by atoms with E-state index in [-0.39, 0.29) is 42.1 Å². The monoisotopic (exact) mass is 166 g/mol. The summed E-state index contributed by atoms with van der Waals surface area (Å²) in [5.41, 5.74) is 10.2. The summed E-state index contributed by atoms with van der Waals surface area (Å²) in [7, 11) is 0. The molecule has 5 heteroatoms. The molecule has 4 nitrogen and oxygen atoms in total. The van der Waals surface area contributed by atoms with Gasteiger partial charge in [0, 0.05) is 11.1 Å². The minimum absolute atomic E-state index is 0. The van der Waals surface area contributed by atoms with E-state index < -0.39 is 11.8 Å². The van der Waals surface area contributed by atoms with Crippen LogP contribution in [0.25, 0.3) is 0 Å². The number of nitrogens with two attached hydrogens (primary N) is 2. The molecular weight excluding hydrogens is 155 g/mol. The number of carbonyl (C=O) groups excluding carboxylic acids is 2. The largest absolute Gasteiger partial charge is 1.00 e. The van der Waals surface area contributed by atoms with Gasteiger partial charge in [0.1, 0.15) is 0 Å². The Hall–Kier alpha value is -0.320. The molecule has 0 aromatic carbocycles. The normalized spacial score (nSPS) is 11.1. The molecular formula is C6H11N2NaO2. The Balaban J connectivity index is -0.000000405. The fourth-order valence-corrected chi connectivity index (χ4v) is 0.370. The van der Waals surface area contributed by atoms with Gasteiger partial charge in [-0.3, -0.25) is 9.59 Å². The minimum Gasteiger partial charge on any atom is -1.00 e. The maximum atomic E-state index is 10.4. The molecule has 0 saturated carbocycles. The van der Waals surface area contributed by atoms with Gasteiger partial charge in [0.2, 0.25) is 11.8 Å². The summed E-state index contributed by atoms with van der Waals surface area (Å²) in [6, 6.07) is 0. The standard InChI is InChI=1S/C6H10N2O2.Na.H/c1-3(5(7)9)4(2)6(8)10;;/h1-2H3,(H2,7,9)(H2,8,10);;/q;+1;-1/b4-3-;;. The zero-order valence-electron chi connectivity index (χ0n) is 7.97. The molecule has 58 valence electrons. The SMILES string of the molecule is C/C(C(N)=O)=C(\C)C(N)=O.[H-].[Na+]. The molecule has 0 aliphatic carbocycles. The van der Waals surface area contributed by atoms with Gasteiger partial charge in [0.05, 0.1) is 0 Å². The van der Waals surface area contributed by atoms with Crippen molar-refractivity contribution in [3.05, 3.63) is 11.1 Å². The van der Waals surface area contributed by atoms with Crippen molar-refractivity contribution in [3.63, 3.8) is 0 Å². The second kappa shape index (κ2) is 5.35. The van der Waals surface area contributed by atoms with Crippen molar-refractivity contribution in [2.45, 2.75) is 13.8 Å². The molecule has 0 aromatic heterocycles. The van der Waals surface area contributed by atoms with Crippen molar-refractivity contribution >= 4 is 11.8 Å². The zero-order valence-corrected chi connectivity index (χ0v) is 8.97. The first-order valence-electron chi connectivity index (χ1n) is 2.74. The van der Waals surface area contributed by atoms with Crippen LogP contribution < -0.4 is 41.0 Å². The molecule has 2 amide bonds. The fourth-order valence-electron chi connectivity index (χ4n) is 0.370. The number of amides is 2. The molecule has 0 fully saturated rings. The van der Waals surface area contributed by atoms with E-state index in [2.05, 4.69) is 0 Å². The Bertz CT molecular complexity index is 194. The van der Waals surface area contributed by atoms with E-state index in [1.807, 2.05) is 0 Å². The second-order valence-corrected chi connectivity index (χ2v) is 1.98. The van der Waals surface area contributed by atoms with E-state index in [9.17, 15) is 9.59 Å². The summed E-state index contributed by atoms with van der Waals surface area (Å²) < 4.78 is 0. The molecule has 4 N–H and O–H groups in total. The van der Waals surface area contributed by atoms with Crippen LogP contribution in [0.15, 0.2) is 11.1 Å². The summed E-state index contributed by atoms with van der Waals surface area (Å²) in [6.45, 7) is 2.92. The van der Waals surface area contributed by atoms with Crippen molar-refractivity contribution in [2.75, 3.05) is 0 Å². The smallest absolute Gasteiger partial charge is 1.00 e. The predicted molar refractivity (Wildman–Crippen MR) is 37.9 cm³/mol. The summed E-state index contributed by atoms with van der Waals surface area (Å²) in [4.78, 5) is 20.8. The van der Waals surface area contributed by atoms with Crippen molar-refractivity contribution in [1.82, 2.24) is 0 Å². The number of carbonyl (C=O) groups is 2. The average molecular weight is 166 g/mol. The van der Waals surface area contributed by atoms with Crippen LogP contribution in [0.1, 0.15) is 15.3 Å². The number of rotatable bonds is 2. The maximum absolute atomic E-state index is 10.4. The molecule has 0 unspecified atom stereocenters. The molecule has 11 heavy (non-hydrogen) atoms. The van der Waals surface area contributed by atoms with Gasteiger partial charge in [-0.25, -0.2) is 0 Å². The van der Waals surface area contributed by atoms with E-state index in [1.54, 1.807) is 0 Å². The molecule has 0 aliphatic heterocycles. The van der Waals surface area contributed by atoms with Crippen LogP contribution in [0.3, 0.4) is 0 Å². The van der Waals surface area contributed by atoms with Crippen molar-refractivity contribution in [1.29, 1.82) is 0 Å². The Morgan fingerprint density at radius 2 is 1.18 bits per heavy atom. The van der Waals surface area contributed by atoms with Crippen molar-refractivity contribution in [2.24, 2.45) is 11.5 Å². The first kappa shape index (κ1) is 13.3. The van der Waals surface area contributed by atoms with Crippen LogP contribution in [-0.2, 0) is 9.59 Å². The van der Waals surface area contributed by atoms with Gasteiger partial charge >= 0.3 is 29.6 Å². The van der Waals surface area contributed by atoms with E-state index in [0.717, 1.165) is 0 Å². The Labute approximate surface area is 88.8 Å². The number of hydrogen-bond acceptors (Lipinski definition) is 2. The predicted octanol–water partition coefficient (Wildman–Crippen LogP) is -3.59. The summed E-state index contributed by atoms with van der Waals surface area (Å²) in [5.74, 6) is -1.23. The van der Waals surface area contributed by atoms with E-state index in [4.69, 9.17) is 11.5 Å². The molecule has 0 bridgehead atoms. The van der Waals surface area contributed by atoms with Gasteiger partial charge in [-0.15, -0.1) is 0 Å². The molecule has 0 atom stereocenters. The molecule has 0 saturated heterocycles. The average Bonchev–Trinajstić information content (AvgIpc) is 1.84. The molecule has 0 aromatic rings. The van der Waals surface area contributed by atoms with Crippen LogP contribution in [0.4, 0.5) is 0 Å². The van der Waals surface area contributed by atoms with Crippen LogP contribution >= 0.6 is 0 Å². The maximum Gasteiger partial charge on any atom is 1.00 e. The molecule has 0 rings (SSSR count). The first-order valence-corrected chi connectivity index (χ1v) is 2.74. The third-order valence-corrected chi connectivity index (χ3v) is 1.30. The van der Waals surface area contributed by atoms with Gasteiger partial charge in [-0.05, 0) is 13.8 Å². The molecule has 0 radical (unpaired) electrons. The molecule has 0 aliphatic rings. The summed E-state index contributed by atoms with van der Waals surface area (Å²) in [6.07, 6.45) is 0. The van der Waals surface area contributed by atoms with Crippen molar-refractivity contribution in [3.8, 4) is 0 Å².